The summed E-state index contributed by atoms with van der Waals surface area (Å²) in [5.41, 5.74) is 5.14. The fourth-order valence-electron chi connectivity index (χ4n) is 2.32. The third-order valence-electron chi connectivity index (χ3n) is 3.46. The number of halogens is 4. The lowest BCUT2D eigenvalue weighted by Crippen LogP contribution is -2.27. The molecule has 1 saturated heterocycles. The van der Waals surface area contributed by atoms with Gasteiger partial charge in [-0.2, -0.15) is 13.2 Å². The van der Waals surface area contributed by atoms with Gasteiger partial charge in [-0.15, -0.1) is 0 Å². The van der Waals surface area contributed by atoms with E-state index in [0.717, 1.165) is 25.0 Å². The van der Waals surface area contributed by atoms with Crippen LogP contribution in [0.4, 0.5) is 17.6 Å². The van der Waals surface area contributed by atoms with Crippen molar-refractivity contribution < 1.29 is 22.3 Å². The number of benzene rings is 1. The first-order valence-corrected chi connectivity index (χ1v) is 6.09. The first-order valence-electron chi connectivity index (χ1n) is 6.09. The van der Waals surface area contributed by atoms with Crippen molar-refractivity contribution in [3.05, 3.63) is 35.1 Å². The van der Waals surface area contributed by atoms with Crippen molar-refractivity contribution in [3.8, 4) is 0 Å². The van der Waals surface area contributed by atoms with Crippen LogP contribution in [0, 0.1) is 11.7 Å². The molecule has 0 aromatic heterocycles. The normalized spacial score (nSPS) is 19.4. The van der Waals surface area contributed by atoms with Crippen LogP contribution >= 0.6 is 0 Å². The molecule has 0 radical (unpaired) electrons. The summed E-state index contributed by atoms with van der Waals surface area (Å²) in [6, 6.07) is 2.44. The van der Waals surface area contributed by atoms with Crippen molar-refractivity contribution >= 4 is 0 Å². The van der Waals surface area contributed by atoms with E-state index in [0.29, 0.717) is 18.8 Å². The average Bonchev–Trinajstić information content (AvgIpc) is 2.37. The maximum Gasteiger partial charge on any atom is 0.419 e. The second-order valence-electron chi connectivity index (χ2n) is 4.71. The zero-order chi connectivity index (χ0) is 14.0. The van der Waals surface area contributed by atoms with Crippen LogP contribution in [0.25, 0.3) is 0 Å². The van der Waals surface area contributed by atoms with Gasteiger partial charge in [-0.1, -0.05) is 6.07 Å². The molecule has 1 unspecified atom stereocenters. The van der Waals surface area contributed by atoms with Crippen LogP contribution < -0.4 is 5.73 Å². The van der Waals surface area contributed by atoms with Crippen molar-refractivity contribution in [2.24, 2.45) is 11.7 Å². The molecule has 2 rings (SSSR count). The molecule has 0 amide bonds. The zero-order valence-corrected chi connectivity index (χ0v) is 10.2. The minimum Gasteiger partial charge on any atom is -0.381 e. The molecule has 2 nitrogen and oxygen atoms in total. The highest BCUT2D eigenvalue weighted by Crippen LogP contribution is 2.34. The quantitative estimate of drug-likeness (QED) is 0.842. The molecular weight excluding hydrogens is 262 g/mol. The largest absolute Gasteiger partial charge is 0.419 e. The Balaban J connectivity index is 2.19. The van der Waals surface area contributed by atoms with Crippen LogP contribution in [0.1, 0.15) is 30.0 Å². The Morgan fingerprint density at radius 2 is 1.84 bits per heavy atom. The van der Waals surface area contributed by atoms with Crippen molar-refractivity contribution in [3.63, 3.8) is 0 Å². The highest BCUT2D eigenvalue weighted by Gasteiger charge is 2.34. The Morgan fingerprint density at radius 3 is 2.37 bits per heavy atom. The molecule has 0 bridgehead atoms. The summed E-state index contributed by atoms with van der Waals surface area (Å²) in [5.74, 6) is -1.16. The first kappa shape index (κ1) is 14.3. The van der Waals surface area contributed by atoms with Gasteiger partial charge in [0.05, 0.1) is 5.56 Å². The van der Waals surface area contributed by atoms with E-state index in [-0.39, 0.29) is 5.92 Å². The fourth-order valence-corrected chi connectivity index (χ4v) is 2.32. The molecule has 0 saturated carbocycles. The number of rotatable bonds is 2. The van der Waals surface area contributed by atoms with Gasteiger partial charge in [0.1, 0.15) is 5.82 Å². The van der Waals surface area contributed by atoms with E-state index in [4.69, 9.17) is 10.5 Å². The van der Waals surface area contributed by atoms with Crippen LogP contribution in [0.15, 0.2) is 18.2 Å². The minimum atomic E-state index is -4.68. The van der Waals surface area contributed by atoms with E-state index in [9.17, 15) is 17.6 Å². The summed E-state index contributed by atoms with van der Waals surface area (Å²) in [6.07, 6.45) is -3.20. The lowest BCUT2D eigenvalue weighted by atomic mass is 9.87. The van der Waals surface area contributed by atoms with E-state index in [1.54, 1.807) is 0 Å². The van der Waals surface area contributed by atoms with Crippen LogP contribution in [0.3, 0.4) is 0 Å². The van der Waals surface area contributed by atoms with E-state index in [2.05, 4.69) is 0 Å². The molecule has 1 fully saturated rings. The maximum atomic E-state index is 13.5. The molecule has 1 atom stereocenters. The lowest BCUT2D eigenvalue weighted by Gasteiger charge is -2.28. The monoisotopic (exact) mass is 277 g/mol. The van der Waals surface area contributed by atoms with Gasteiger partial charge in [0, 0.05) is 19.3 Å². The van der Waals surface area contributed by atoms with Gasteiger partial charge in [-0.25, -0.2) is 4.39 Å². The van der Waals surface area contributed by atoms with E-state index >= 15 is 0 Å². The highest BCUT2D eigenvalue weighted by atomic mass is 19.4. The van der Waals surface area contributed by atoms with Gasteiger partial charge < -0.3 is 10.5 Å². The third-order valence-corrected chi connectivity index (χ3v) is 3.46. The standard InChI is InChI=1S/C13H15F4NO/c14-11-7-9(1-2-10(11)13(15,16)17)12(18)8-3-5-19-6-4-8/h1-2,7-8,12H,3-6,18H2. The number of hydrogen-bond donors (Lipinski definition) is 1. The maximum absolute atomic E-state index is 13.5. The first-order chi connectivity index (χ1) is 8.89. The van der Waals surface area contributed by atoms with Gasteiger partial charge in [0.15, 0.2) is 0 Å². The number of alkyl halides is 3. The molecule has 106 valence electrons. The van der Waals surface area contributed by atoms with Crippen LogP contribution in [0.2, 0.25) is 0 Å². The van der Waals surface area contributed by atoms with Crippen LogP contribution in [-0.4, -0.2) is 13.2 Å². The molecule has 1 aliphatic heterocycles. The summed E-state index contributed by atoms with van der Waals surface area (Å²) in [5, 5.41) is 0. The SMILES string of the molecule is NC(c1ccc(C(F)(F)F)c(F)c1)C1CCOCC1. The summed E-state index contributed by atoms with van der Waals surface area (Å²) >= 11 is 0. The van der Waals surface area contributed by atoms with Crippen molar-refractivity contribution in [2.75, 3.05) is 13.2 Å². The minimum absolute atomic E-state index is 0.116. The molecule has 1 aromatic carbocycles. The third kappa shape index (κ3) is 3.25. The van der Waals surface area contributed by atoms with E-state index < -0.39 is 23.6 Å². The number of ether oxygens (including phenoxy) is 1. The van der Waals surface area contributed by atoms with Crippen molar-refractivity contribution in [1.29, 1.82) is 0 Å². The number of hydrogen-bond acceptors (Lipinski definition) is 2. The second kappa shape index (κ2) is 5.46. The molecule has 6 heteroatoms. The highest BCUT2D eigenvalue weighted by molar-refractivity contribution is 5.28. The molecular formula is C13H15F4NO. The molecule has 0 spiro atoms. The molecule has 2 N–H and O–H groups in total. The van der Waals surface area contributed by atoms with Gasteiger partial charge in [0.25, 0.3) is 0 Å². The summed E-state index contributed by atoms with van der Waals surface area (Å²) < 4.78 is 56.0. The number of nitrogens with two attached hydrogens (primary N) is 1. The average molecular weight is 277 g/mol. The predicted octanol–water partition coefficient (Wildman–Crippen LogP) is 3.27. The summed E-state index contributed by atoms with van der Waals surface area (Å²) in [7, 11) is 0. The molecule has 1 aromatic rings. The second-order valence-corrected chi connectivity index (χ2v) is 4.71. The smallest absolute Gasteiger partial charge is 0.381 e. The van der Waals surface area contributed by atoms with Gasteiger partial charge in [-0.05, 0) is 36.5 Å². The molecule has 0 aliphatic carbocycles. The molecule has 19 heavy (non-hydrogen) atoms. The van der Waals surface area contributed by atoms with Crippen LogP contribution in [-0.2, 0) is 10.9 Å². The van der Waals surface area contributed by atoms with E-state index in [1.807, 2.05) is 0 Å². The van der Waals surface area contributed by atoms with Crippen LogP contribution in [0.5, 0.6) is 0 Å². The van der Waals surface area contributed by atoms with Crippen molar-refractivity contribution in [1.82, 2.24) is 0 Å². The summed E-state index contributed by atoms with van der Waals surface area (Å²) in [6.45, 7) is 1.17. The Hall–Kier alpha value is -1.14. The Kier molecular flexibility index (Phi) is 4.10. The van der Waals surface area contributed by atoms with E-state index in [1.165, 1.54) is 6.07 Å². The topological polar surface area (TPSA) is 35.2 Å². The molecule has 1 aliphatic rings. The van der Waals surface area contributed by atoms with Gasteiger partial charge >= 0.3 is 6.18 Å². The Bertz CT molecular complexity index is 441. The van der Waals surface area contributed by atoms with Crippen molar-refractivity contribution in [2.45, 2.75) is 25.1 Å². The lowest BCUT2D eigenvalue weighted by molar-refractivity contribution is -0.140. The summed E-state index contributed by atoms with van der Waals surface area (Å²) in [4.78, 5) is 0. The van der Waals surface area contributed by atoms with Gasteiger partial charge in [-0.3, -0.25) is 0 Å². The Labute approximate surface area is 108 Å². The zero-order valence-electron chi connectivity index (χ0n) is 10.2. The predicted molar refractivity (Wildman–Crippen MR) is 61.9 cm³/mol. The van der Waals surface area contributed by atoms with Gasteiger partial charge in [0.2, 0.25) is 0 Å². The molecule has 1 heterocycles. The Morgan fingerprint density at radius 1 is 1.21 bits per heavy atom. The fraction of sp³-hybridized carbons (Fsp3) is 0.538.